The molecule has 172 valence electrons. The summed E-state index contributed by atoms with van der Waals surface area (Å²) in [4.78, 5) is 15.6. The van der Waals surface area contributed by atoms with Crippen LogP contribution in [-0.4, -0.2) is 70.0 Å². The lowest BCUT2D eigenvalue weighted by molar-refractivity contribution is -0.125. The van der Waals surface area contributed by atoms with E-state index in [9.17, 15) is 17.6 Å². The molecule has 2 heterocycles. The van der Waals surface area contributed by atoms with E-state index in [1.807, 2.05) is 7.05 Å². The van der Waals surface area contributed by atoms with Crippen molar-refractivity contribution in [2.45, 2.75) is 23.2 Å². The first-order valence-electron chi connectivity index (χ1n) is 10.8. The second kappa shape index (κ2) is 9.27. The number of nitrogens with zero attached hydrogens (tertiary/aromatic N) is 2. The molecule has 4 rings (SSSR count). The number of carbonyl (C=O) groups is 1. The highest BCUT2D eigenvalue weighted by atomic mass is 32.2. The van der Waals surface area contributed by atoms with Gasteiger partial charge in [0.25, 0.3) is 0 Å². The van der Waals surface area contributed by atoms with Crippen molar-refractivity contribution in [1.29, 1.82) is 0 Å². The number of nitrogens with one attached hydrogen (secondary N) is 1. The van der Waals surface area contributed by atoms with E-state index in [2.05, 4.69) is 10.2 Å². The number of amides is 1. The molecule has 0 spiro atoms. The standard InChI is InChI=1S/C23H28FN3O4S/c1-26-12-14-27(15-13-26)32(29,30)21-8-6-20(7-9-21)25-22(28)23(10-16-31-17-11-23)18-2-4-19(24)5-3-18/h2-9H,10-17H2,1H3,(H,25,28). The first kappa shape index (κ1) is 22.8. The van der Waals surface area contributed by atoms with Crippen molar-refractivity contribution in [2.75, 3.05) is 51.8 Å². The summed E-state index contributed by atoms with van der Waals surface area (Å²) in [7, 11) is -1.60. The van der Waals surface area contributed by atoms with Crippen molar-refractivity contribution in [2.24, 2.45) is 0 Å². The molecule has 0 atom stereocenters. The van der Waals surface area contributed by atoms with Crippen LogP contribution in [0.25, 0.3) is 0 Å². The lowest BCUT2D eigenvalue weighted by Gasteiger charge is -2.36. The maximum atomic E-state index is 13.4. The number of ether oxygens (including phenoxy) is 1. The molecule has 0 aromatic heterocycles. The monoisotopic (exact) mass is 461 g/mol. The molecular weight excluding hydrogens is 433 g/mol. The van der Waals surface area contributed by atoms with Gasteiger partial charge in [-0.25, -0.2) is 12.8 Å². The first-order chi connectivity index (χ1) is 15.3. The van der Waals surface area contributed by atoms with E-state index in [0.717, 1.165) is 5.56 Å². The van der Waals surface area contributed by atoms with E-state index in [-0.39, 0.29) is 16.6 Å². The Morgan fingerprint density at radius 1 is 0.969 bits per heavy atom. The highest BCUT2D eigenvalue weighted by Gasteiger charge is 2.41. The van der Waals surface area contributed by atoms with E-state index in [1.165, 1.54) is 28.6 Å². The Bertz CT molecular complexity index is 1040. The van der Waals surface area contributed by atoms with Crippen LogP contribution in [0.15, 0.2) is 53.4 Å². The zero-order chi connectivity index (χ0) is 22.8. The second-order valence-electron chi connectivity index (χ2n) is 8.39. The van der Waals surface area contributed by atoms with Crippen molar-refractivity contribution >= 4 is 21.6 Å². The molecule has 1 N–H and O–H groups in total. The number of anilines is 1. The van der Waals surface area contributed by atoms with Crippen LogP contribution in [0.1, 0.15) is 18.4 Å². The fourth-order valence-electron chi connectivity index (χ4n) is 4.27. The average Bonchev–Trinajstić information content (AvgIpc) is 2.80. The van der Waals surface area contributed by atoms with Crippen LogP contribution in [0.2, 0.25) is 0 Å². The summed E-state index contributed by atoms with van der Waals surface area (Å²) >= 11 is 0. The molecule has 2 aromatic carbocycles. The van der Waals surface area contributed by atoms with Gasteiger partial charge in [-0.15, -0.1) is 0 Å². The van der Waals surface area contributed by atoms with E-state index in [0.29, 0.717) is 57.9 Å². The fraction of sp³-hybridized carbons (Fsp3) is 0.435. The highest BCUT2D eigenvalue weighted by molar-refractivity contribution is 7.89. The number of piperazine rings is 1. The van der Waals surface area contributed by atoms with Gasteiger partial charge in [-0.05, 0) is 61.9 Å². The Morgan fingerprint density at radius 3 is 2.16 bits per heavy atom. The van der Waals surface area contributed by atoms with E-state index >= 15 is 0 Å². The second-order valence-corrected chi connectivity index (χ2v) is 10.3. The lowest BCUT2D eigenvalue weighted by atomic mass is 9.73. The van der Waals surface area contributed by atoms with Crippen molar-refractivity contribution in [3.05, 3.63) is 59.9 Å². The topological polar surface area (TPSA) is 79.0 Å². The van der Waals surface area contributed by atoms with Crippen molar-refractivity contribution in [1.82, 2.24) is 9.21 Å². The Morgan fingerprint density at radius 2 is 1.56 bits per heavy atom. The molecule has 0 bridgehead atoms. The van der Waals surface area contributed by atoms with Crippen molar-refractivity contribution < 1.29 is 22.3 Å². The third-order valence-electron chi connectivity index (χ3n) is 6.39. The molecule has 2 aliphatic rings. The van der Waals surface area contributed by atoms with Crippen LogP contribution >= 0.6 is 0 Å². The summed E-state index contributed by atoms with van der Waals surface area (Å²) in [6.45, 7) is 3.18. The fourth-order valence-corrected chi connectivity index (χ4v) is 5.70. The largest absolute Gasteiger partial charge is 0.381 e. The third kappa shape index (κ3) is 4.56. The van der Waals surface area contributed by atoms with Gasteiger partial charge in [-0.2, -0.15) is 4.31 Å². The molecule has 2 fully saturated rings. The van der Waals surface area contributed by atoms with Gasteiger partial charge in [0.2, 0.25) is 15.9 Å². The van der Waals surface area contributed by atoms with Crippen LogP contribution in [0.5, 0.6) is 0 Å². The number of likely N-dealkylation sites (N-methyl/N-ethyl adjacent to an activating group) is 1. The van der Waals surface area contributed by atoms with Crippen molar-refractivity contribution in [3.63, 3.8) is 0 Å². The highest BCUT2D eigenvalue weighted by Crippen LogP contribution is 2.36. The van der Waals surface area contributed by atoms with Crippen LogP contribution in [-0.2, 0) is 25.0 Å². The summed E-state index contributed by atoms with van der Waals surface area (Å²) in [5.74, 6) is -0.560. The molecular formula is C23H28FN3O4S. The van der Waals surface area contributed by atoms with Crippen molar-refractivity contribution in [3.8, 4) is 0 Å². The third-order valence-corrected chi connectivity index (χ3v) is 8.30. The van der Waals surface area contributed by atoms with Crippen LogP contribution < -0.4 is 5.32 Å². The van der Waals surface area contributed by atoms with Gasteiger partial charge in [0.05, 0.1) is 10.3 Å². The Kier molecular flexibility index (Phi) is 6.62. The van der Waals surface area contributed by atoms with Crippen LogP contribution in [0.4, 0.5) is 10.1 Å². The smallest absolute Gasteiger partial charge is 0.243 e. The molecule has 0 aliphatic carbocycles. The number of hydrogen-bond donors (Lipinski definition) is 1. The number of rotatable bonds is 5. The number of hydrogen-bond acceptors (Lipinski definition) is 5. The number of sulfonamides is 1. The Hall–Kier alpha value is -2.33. The van der Waals surface area contributed by atoms with Gasteiger partial charge in [-0.1, -0.05) is 12.1 Å². The molecule has 9 heteroatoms. The lowest BCUT2D eigenvalue weighted by Crippen LogP contribution is -2.47. The van der Waals surface area contributed by atoms with Gasteiger partial charge < -0.3 is 15.0 Å². The molecule has 0 radical (unpaired) electrons. The Labute approximate surface area is 188 Å². The summed E-state index contributed by atoms with van der Waals surface area (Å²) in [6.07, 6.45) is 0.973. The predicted octanol–water partition coefficient (Wildman–Crippen LogP) is 2.45. The summed E-state index contributed by atoms with van der Waals surface area (Å²) in [5.41, 5.74) is 0.436. The minimum Gasteiger partial charge on any atom is -0.381 e. The predicted molar refractivity (Wildman–Crippen MR) is 119 cm³/mol. The number of benzene rings is 2. The number of halogens is 1. The van der Waals surface area contributed by atoms with Gasteiger partial charge in [-0.3, -0.25) is 4.79 Å². The SMILES string of the molecule is CN1CCN(S(=O)(=O)c2ccc(NC(=O)C3(c4ccc(F)cc4)CCOCC3)cc2)CC1. The van der Waals surface area contributed by atoms with E-state index in [1.54, 1.807) is 24.3 Å². The molecule has 2 aliphatic heterocycles. The average molecular weight is 462 g/mol. The zero-order valence-corrected chi connectivity index (χ0v) is 18.9. The van der Waals surface area contributed by atoms with Gasteiger partial charge in [0.1, 0.15) is 5.82 Å². The molecule has 0 unspecified atom stereocenters. The molecule has 1 amide bonds. The molecule has 2 aromatic rings. The first-order valence-corrected chi connectivity index (χ1v) is 12.2. The molecule has 32 heavy (non-hydrogen) atoms. The van der Waals surface area contributed by atoms with E-state index in [4.69, 9.17) is 4.74 Å². The minimum atomic E-state index is -3.57. The quantitative estimate of drug-likeness (QED) is 0.740. The van der Waals surface area contributed by atoms with Gasteiger partial charge in [0, 0.05) is 45.1 Å². The summed E-state index contributed by atoms with van der Waals surface area (Å²) < 4.78 is 46.2. The van der Waals surface area contributed by atoms with Gasteiger partial charge in [0.15, 0.2) is 0 Å². The van der Waals surface area contributed by atoms with Gasteiger partial charge >= 0.3 is 0 Å². The van der Waals surface area contributed by atoms with E-state index < -0.39 is 15.4 Å². The molecule has 0 saturated carbocycles. The normalized spacial score (nSPS) is 20.1. The summed E-state index contributed by atoms with van der Waals surface area (Å²) in [6, 6.07) is 12.3. The minimum absolute atomic E-state index is 0.206. The zero-order valence-electron chi connectivity index (χ0n) is 18.1. The Balaban J connectivity index is 1.52. The van der Waals surface area contributed by atoms with Crippen LogP contribution in [0.3, 0.4) is 0 Å². The molecule has 2 saturated heterocycles. The number of carbonyl (C=O) groups excluding carboxylic acids is 1. The van der Waals surface area contributed by atoms with Crippen LogP contribution in [0, 0.1) is 5.82 Å². The molecule has 7 nitrogen and oxygen atoms in total. The maximum absolute atomic E-state index is 13.4. The maximum Gasteiger partial charge on any atom is 0.243 e. The summed E-state index contributed by atoms with van der Waals surface area (Å²) in [5, 5.41) is 2.93.